The minimum atomic E-state index is 0. The lowest BCUT2D eigenvalue weighted by molar-refractivity contribution is 0.198. The van der Waals surface area contributed by atoms with Crippen molar-refractivity contribution in [2.75, 3.05) is 20.1 Å². The van der Waals surface area contributed by atoms with Crippen LogP contribution in [0.2, 0.25) is 0 Å². The molecule has 1 aliphatic rings. The summed E-state index contributed by atoms with van der Waals surface area (Å²) in [6, 6.07) is 11.1. The van der Waals surface area contributed by atoms with Crippen LogP contribution in [0.25, 0.3) is 0 Å². The fourth-order valence-electron chi connectivity index (χ4n) is 3.04. The number of likely N-dealkylation sites (tertiary alicyclic amines) is 1. The van der Waals surface area contributed by atoms with Gasteiger partial charge in [0.05, 0.1) is 6.54 Å². The van der Waals surface area contributed by atoms with Gasteiger partial charge in [0.25, 0.3) is 0 Å². The second-order valence-corrected chi connectivity index (χ2v) is 6.34. The Bertz CT molecular complexity index is 682. The number of guanidine groups is 1. The van der Waals surface area contributed by atoms with Gasteiger partial charge < -0.3 is 15.2 Å². The highest BCUT2D eigenvalue weighted by Crippen LogP contribution is 2.13. The molecule has 7 nitrogen and oxygen atoms in total. The highest BCUT2D eigenvalue weighted by Gasteiger charge is 2.20. The normalized spacial score (nSPS) is 16.2. The minimum Gasteiger partial charge on any atom is -0.354 e. The second kappa shape index (κ2) is 10.5. The van der Waals surface area contributed by atoms with Crippen LogP contribution in [0.15, 0.2) is 39.8 Å². The molecule has 142 valence electrons. The van der Waals surface area contributed by atoms with Gasteiger partial charge in [0.2, 0.25) is 5.89 Å². The van der Waals surface area contributed by atoms with Crippen molar-refractivity contribution in [3.63, 3.8) is 0 Å². The van der Waals surface area contributed by atoms with Crippen molar-refractivity contribution in [2.24, 2.45) is 4.99 Å². The van der Waals surface area contributed by atoms with Crippen LogP contribution in [0, 0.1) is 6.92 Å². The Hall–Kier alpha value is -1.68. The van der Waals surface area contributed by atoms with Crippen LogP contribution in [-0.4, -0.2) is 47.2 Å². The quantitative estimate of drug-likeness (QED) is 0.397. The molecule has 0 spiro atoms. The zero-order valence-electron chi connectivity index (χ0n) is 15.3. The average Bonchev–Trinajstić information content (AvgIpc) is 3.06. The monoisotopic (exact) mass is 470 g/mol. The summed E-state index contributed by atoms with van der Waals surface area (Å²) in [4.78, 5) is 11.0. The number of hydrogen-bond donors (Lipinski definition) is 2. The third-order valence-corrected chi connectivity index (χ3v) is 4.38. The number of halogens is 1. The molecule has 1 saturated heterocycles. The molecule has 0 saturated carbocycles. The molecule has 1 aromatic heterocycles. The zero-order chi connectivity index (χ0) is 17.5. The number of piperidine rings is 1. The summed E-state index contributed by atoms with van der Waals surface area (Å²) in [5.74, 6) is 1.99. The summed E-state index contributed by atoms with van der Waals surface area (Å²) in [5, 5.41) is 10.5. The molecule has 2 N–H and O–H groups in total. The Kier molecular flexibility index (Phi) is 8.30. The Balaban J connectivity index is 0.00000243. The molecule has 0 bridgehead atoms. The molecule has 2 heterocycles. The van der Waals surface area contributed by atoms with E-state index in [2.05, 4.69) is 61.0 Å². The zero-order valence-corrected chi connectivity index (χ0v) is 17.6. The van der Waals surface area contributed by atoms with Gasteiger partial charge in [-0.1, -0.05) is 35.5 Å². The average molecular weight is 470 g/mol. The first-order valence-electron chi connectivity index (χ1n) is 8.75. The maximum atomic E-state index is 5.11. The van der Waals surface area contributed by atoms with Crippen LogP contribution < -0.4 is 10.6 Å². The van der Waals surface area contributed by atoms with Gasteiger partial charge in [-0.05, 0) is 25.3 Å². The first kappa shape index (κ1) is 20.6. The van der Waals surface area contributed by atoms with E-state index >= 15 is 0 Å². The Morgan fingerprint density at radius 1 is 1.27 bits per heavy atom. The Labute approximate surface area is 171 Å². The molecule has 2 aromatic rings. The Morgan fingerprint density at radius 2 is 2.00 bits per heavy atom. The van der Waals surface area contributed by atoms with Gasteiger partial charge in [0.15, 0.2) is 11.8 Å². The number of aliphatic imine (C=N–C) groups is 1. The van der Waals surface area contributed by atoms with Crippen molar-refractivity contribution >= 4 is 29.9 Å². The van der Waals surface area contributed by atoms with Gasteiger partial charge in [-0.15, -0.1) is 24.0 Å². The van der Waals surface area contributed by atoms with Crippen molar-refractivity contribution < 1.29 is 4.52 Å². The lowest BCUT2D eigenvalue weighted by Crippen LogP contribution is -2.48. The molecule has 1 aromatic carbocycles. The van der Waals surface area contributed by atoms with E-state index in [-0.39, 0.29) is 24.0 Å². The maximum absolute atomic E-state index is 5.11. The standard InChI is InChI=1S/C18H26N6O.HI/c1-14-21-17(25-23-14)12-20-18(19-2)22-16-8-10-24(11-9-16)13-15-6-4-3-5-7-15;/h3-7,16H,8-13H2,1-2H3,(H2,19,20,22);1H. The molecule has 0 unspecified atom stereocenters. The minimum absolute atomic E-state index is 0. The fourth-order valence-corrected chi connectivity index (χ4v) is 3.04. The number of nitrogens with one attached hydrogen (secondary N) is 2. The van der Waals surface area contributed by atoms with Crippen molar-refractivity contribution in [3.8, 4) is 0 Å². The van der Waals surface area contributed by atoms with E-state index in [0.29, 0.717) is 24.3 Å². The molecule has 0 radical (unpaired) electrons. The van der Waals surface area contributed by atoms with Crippen molar-refractivity contribution in [2.45, 2.75) is 38.9 Å². The molecule has 0 aliphatic carbocycles. The lowest BCUT2D eigenvalue weighted by Gasteiger charge is -2.33. The predicted octanol–water partition coefficient (Wildman–Crippen LogP) is 2.33. The summed E-state index contributed by atoms with van der Waals surface area (Å²) in [6.07, 6.45) is 2.21. The summed E-state index contributed by atoms with van der Waals surface area (Å²) in [5.41, 5.74) is 1.38. The molecule has 1 fully saturated rings. The molecular weight excluding hydrogens is 443 g/mol. The SMILES string of the molecule is CN=C(NCc1nc(C)no1)NC1CCN(Cc2ccccc2)CC1.I. The first-order chi connectivity index (χ1) is 12.2. The predicted molar refractivity (Wildman–Crippen MR) is 113 cm³/mol. The van der Waals surface area contributed by atoms with Crippen LogP contribution >= 0.6 is 24.0 Å². The van der Waals surface area contributed by atoms with E-state index in [4.69, 9.17) is 4.52 Å². The molecule has 3 rings (SSSR count). The maximum Gasteiger partial charge on any atom is 0.246 e. The number of aromatic nitrogens is 2. The van der Waals surface area contributed by atoms with Gasteiger partial charge in [0.1, 0.15) is 0 Å². The molecule has 26 heavy (non-hydrogen) atoms. The van der Waals surface area contributed by atoms with Gasteiger partial charge in [0, 0.05) is 32.7 Å². The molecule has 0 atom stereocenters. The molecule has 0 amide bonds. The summed E-state index contributed by atoms with van der Waals surface area (Å²) in [6.45, 7) is 5.49. The van der Waals surface area contributed by atoms with E-state index in [1.807, 2.05) is 6.92 Å². The van der Waals surface area contributed by atoms with Crippen LogP contribution in [0.5, 0.6) is 0 Å². The van der Waals surface area contributed by atoms with Crippen LogP contribution in [-0.2, 0) is 13.1 Å². The number of benzene rings is 1. The smallest absolute Gasteiger partial charge is 0.246 e. The molecule has 8 heteroatoms. The highest BCUT2D eigenvalue weighted by molar-refractivity contribution is 14.0. The summed E-state index contributed by atoms with van der Waals surface area (Å²) >= 11 is 0. The van der Waals surface area contributed by atoms with Crippen LogP contribution in [0.1, 0.15) is 30.1 Å². The number of rotatable bonds is 5. The largest absolute Gasteiger partial charge is 0.354 e. The van der Waals surface area contributed by atoms with Crippen molar-refractivity contribution in [3.05, 3.63) is 47.6 Å². The third kappa shape index (κ3) is 6.24. The van der Waals surface area contributed by atoms with Gasteiger partial charge in [-0.25, -0.2) is 0 Å². The molecular formula is C18H27IN6O. The third-order valence-electron chi connectivity index (χ3n) is 4.38. The number of nitrogens with zero attached hydrogens (tertiary/aromatic N) is 4. The second-order valence-electron chi connectivity index (χ2n) is 6.34. The molecule has 1 aliphatic heterocycles. The summed E-state index contributed by atoms with van der Waals surface area (Å²) in [7, 11) is 1.78. The van der Waals surface area contributed by atoms with Gasteiger partial charge in [-0.2, -0.15) is 4.98 Å². The lowest BCUT2D eigenvalue weighted by atomic mass is 10.0. The number of hydrogen-bond acceptors (Lipinski definition) is 5. The van der Waals surface area contributed by atoms with Crippen molar-refractivity contribution in [1.82, 2.24) is 25.7 Å². The van der Waals surface area contributed by atoms with E-state index in [0.717, 1.165) is 38.4 Å². The number of aryl methyl sites for hydroxylation is 1. The van der Waals surface area contributed by atoms with E-state index < -0.39 is 0 Å². The first-order valence-corrected chi connectivity index (χ1v) is 8.75. The van der Waals surface area contributed by atoms with Gasteiger partial charge in [-0.3, -0.25) is 9.89 Å². The van der Waals surface area contributed by atoms with E-state index in [9.17, 15) is 0 Å². The van der Waals surface area contributed by atoms with Crippen molar-refractivity contribution in [1.29, 1.82) is 0 Å². The Morgan fingerprint density at radius 3 is 2.62 bits per heavy atom. The summed E-state index contributed by atoms with van der Waals surface area (Å²) < 4.78 is 5.11. The van der Waals surface area contributed by atoms with Crippen LogP contribution in [0.4, 0.5) is 0 Å². The fraction of sp³-hybridized carbons (Fsp3) is 0.500. The highest BCUT2D eigenvalue weighted by atomic mass is 127. The van der Waals surface area contributed by atoms with Gasteiger partial charge >= 0.3 is 0 Å². The van der Waals surface area contributed by atoms with E-state index in [1.165, 1.54) is 5.56 Å². The topological polar surface area (TPSA) is 78.6 Å². The van der Waals surface area contributed by atoms with Crippen LogP contribution in [0.3, 0.4) is 0 Å². The van der Waals surface area contributed by atoms with E-state index in [1.54, 1.807) is 7.05 Å².